The van der Waals surface area contributed by atoms with Crippen molar-refractivity contribution in [3.05, 3.63) is 36.4 Å². The molecule has 0 aliphatic carbocycles. The average molecular weight is 381 g/mol. The number of morpholine rings is 1. The van der Waals surface area contributed by atoms with Crippen LogP contribution in [-0.4, -0.2) is 65.1 Å². The molecule has 0 radical (unpaired) electrons. The van der Waals surface area contributed by atoms with Gasteiger partial charge in [0.1, 0.15) is 5.82 Å². The Bertz CT molecular complexity index is 949. The molecule has 2 aromatic heterocycles. The highest BCUT2D eigenvalue weighted by molar-refractivity contribution is 5.72. The van der Waals surface area contributed by atoms with E-state index in [0.717, 1.165) is 31.9 Å². The van der Waals surface area contributed by atoms with Crippen molar-refractivity contribution >= 4 is 23.1 Å². The van der Waals surface area contributed by atoms with Gasteiger partial charge in [-0.05, 0) is 36.4 Å². The molecule has 1 aliphatic rings. The van der Waals surface area contributed by atoms with Crippen LogP contribution in [0, 0.1) is 0 Å². The lowest BCUT2D eigenvalue weighted by atomic mass is 10.2. The quantitative estimate of drug-likeness (QED) is 0.619. The van der Waals surface area contributed by atoms with Crippen LogP contribution in [0.2, 0.25) is 0 Å². The minimum absolute atomic E-state index is 0.0492. The van der Waals surface area contributed by atoms with Crippen molar-refractivity contribution in [3.8, 4) is 11.4 Å². The zero-order valence-electron chi connectivity index (χ0n) is 15.8. The van der Waals surface area contributed by atoms with E-state index in [0.29, 0.717) is 30.4 Å². The summed E-state index contributed by atoms with van der Waals surface area (Å²) in [5.41, 5.74) is 2.81. The molecule has 9 nitrogen and oxygen atoms in total. The first kappa shape index (κ1) is 18.2. The van der Waals surface area contributed by atoms with Crippen LogP contribution < -0.4 is 15.5 Å². The number of carbonyl (C=O) groups excluding carboxylic acids is 1. The van der Waals surface area contributed by atoms with Crippen LogP contribution in [0.5, 0.6) is 0 Å². The molecule has 28 heavy (non-hydrogen) atoms. The Balaban J connectivity index is 1.51. The molecular formula is C19H23N7O2. The lowest BCUT2D eigenvalue weighted by Crippen LogP contribution is -2.36. The first-order valence-corrected chi connectivity index (χ1v) is 9.34. The molecule has 2 N–H and O–H groups in total. The van der Waals surface area contributed by atoms with E-state index in [1.807, 2.05) is 24.3 Å². The molecular weight excluding hydrogens is 358 g/mol. The molecule has 1 aliphatic heterocycles. The predicted molar refractivity (Wildman–Crippen MR) is 106 cm³/mol. The molecule has 0 saturated carbocycles. The molecule has 3 heterocycles. The second-order valence-electron chi connectivity index (χ2n) is 6.57. The maximum atomic E-state index is 10.9. The van der Waals surface area contributed by atoms with Gasteiger partial charge in [0.15, 0.2) is 11.5 Å². The lowest BCUT2D eigenvalue weighted by molar-refractivity contribution is -0.118. The van der Waals surface area contributed by atoms with Gasteiger partial charge in [0, 0.05) is 44.4 Å². The smallest absolute Gasteiger partial charge is 0.216 e. The third-order valence-corrected chi connectivity index (χ3v) is 4.57. The first-order chi connectivity index (χ1) is 13.7. The van der Waals surface area contributed by atoms with Crippen LogP contribution in [0.3, 0.4) is 0 Å². The molecule has 1 amide bonds. The number of benzene rings is 1. The Kier molecular flexibility index (Phi) is 5.34. The van der Waals surface area contributed by atoms with Crippen LogP contribution in [-0.2, 0) is 9.53 Å². The second kappa shape index (κ2) is 8.22. The van der Waals surface area contributed by atoms with Gasteiger partial charge in [-0.3, -0.25) is 4.79 Å². The molecule has 0 spiro atoms. The summed E-state index contributed by atoms with van der Waals surface area (Å²) in [6, 6.07) is 12.0. The van der Waals surface area contributed by atoms with Crippen LogP contribution >= 0.6 is 0 Å². The minimum atomic E-state index is -0.0492. The van der Waals surface area contributed by atoms with Crippen LogP contribution in [0.15, 0.2) is 36.4 Å². The van der Waals surface area contributed by atoms with Crippen molar-refractivity contribution < 1.29 is 9.53 Å². The summed E-state index contributed by atoms with van der Waals surface area (Å²) < 4.78 is 7.14. The zero-order chi connectivity index (χ0) is 19.3. The van der Waals surface area contributed by atoms with Gasteiger partial charge >= 0.3 is 0 Å². The molecule has 1 fully saturated rings. The van der Waals surface area contributed by atoms with E-state index >= 15 is 0 Å². The highest BCUT2D eigenvalue weighted by Crippen LogP contribution is 2.23. The molecule has 146 valence electrons. The summed E-state index contributed by atoms with van der Waals surface area (Å²) in [5.74, 6) is 1.34. The fourth-order valence-electron chi connectivity index (χ4n) is 3.14. The molecule has 3 aromatic rings. The van der Waals surface area contributed by atoms with Crippen molar-refractivity contribution in [1.82, 2.24) is 25.1 Å². The summed E-state index contributed by atoms with van der Waals surface area (Å²) in [7, 11) is 0. The van der Waals surface area contributed by atoms with Gasteiger partial charge in [-0.2, -0.15) is 4.52 Å². The summed E-state index contributed by atoms with van der Waals surface area (Å²) in [4.78, 5) is 13.2. The summed E-state index contributed by atoms with van der Waals surface area (Å²) >= 11 is 0. The molecule has 1 saturated heterocycles. The van der Waals surface area contributed by atoms with E-state index in [9.17, 15) is 4.79 Å². The Labute approximate surface area is 162 Å². The molecule has 0 unspecified atom stereocenters. The Morgan fingerprint density at radius 2 is 1.86 bits per heavy atom. The lowest BCUT2D eigenvalue weighted by Gasteiger charge is -2.28. The molecule has 4 rings (SSSR count). The van der Waals surface area contributed by atoms with Gasteiger partial charge < -0.3 is 20.3 Å². The van der Waals surface area contributed by atoms with Crippen molar-refractivity contribution in [2.24, 2.45) is 0 Å². The normalized spacial score (nSPS) is 14.2. The predicted octanol–water partition coefficient (Wildman–Crippen LogP) is 1.18. The topological polar surface area (TPSA) is 96.7 Å². The average Bonchev–Trinajstić information content (AvgIpc) is 3.15. The number of nitrogens with zero attached hydrogens (tertiary/aromatic N) is 5. The maximum Gasteiger partial charge on any atom is 0.216 e. The van der Waals surface area contributed by atoms with Crippen LogP contribution in [0.1, 0.15) is 6.92 Å². The van der Waals surface area contributed by atoms with E-state index < -0.39 is 0 Å². The van der Waals surface area contributed by atoms with E-state index in [1.54, 1.807) is 4.52 Å². The number of fused-ring (bicyclic) bond motifs is 1. The van der Waals surface area contributed by atoms with Gasteiger partial charge in [0.05, 0.1) is 13.2 Å². The third-order valence-electron chi connectivity index (χ3n) is 4.57. The van der Waals surface area contributed by atoms with E-state index in [1.165, 1.54) is 12.6 Å². The van der Waals surface area contributed by atoms with E-state index in [-0.39, 0.29) is 5.91 Å². The number of nitrogens with one attached hydrogen (secondary N) is 2. The number of hydrogen-bond donors (Lipinski definition) is 2. The largest absolute Gasteiger partial charge is 0.378 e. The second-order valence-corrected chi connectivity index (χ2v) is 6.57. The molecule has 0 bridgehead atoms. The number of anilines is 2. The molecule has 0 atom stereocenters. The van der Waals surface area contributed by atoms with Crippen molar-refractivity contribution in [2.45, 2.75) is 6.92 Å². The summed E-state index contributed by atoms with van der Waals surface area (Å²) in [6.07, 6.45) is 0. The van der Waals surface area contributed by atoms with Gasteiger partial charge in [0.25, 0.3) is 0 Å². The fourth-order valence-corrected chi connectivity index (χ4v) is 3.14. The number of hydrogen-bond acceptors (Lipinski definition) is 7. The molecule has 1 aromatic carbocycles. The van der Waals surface area contributed by atoms with Crippen molar-refractivity contribution in [2.75, 3.05) is 49.6 Å². The SMILES string of the molecule is CC(=O)NCCNc1ccc2nnc(-c3ccc(N4CCOCC4)cc3)n2n1. The Morgan fingerprint density at radius 1 is 1.07 bits per heavy atom. The first-order valence-electron chi connectivity index (χ1n) is 9.34. The highest BCUT2D eigenvalue weighted by Gasteiger charge is 2.13. The molecule has 9 heteroatoms. The van der Waals surface area contributed by atoms with Crippen LogP contribution in [0.4, 0.5) is 11.5 Å². The number of aromatic nitrogens is 4. The van der Waals surface area contributed by atoms with Gasteiger partial charge in [-0.15, -0.1) is 15.3 Å². The monoisotopic (exact) mass is 381 g/mol. The van der Waals surface area contributed by atoms with Gasteiger partial charge in [-0.1, -0.05) is 0 Å². The Hall–Kier alpha value is -3.20. The fraction of sp³-hybridized carbons (Fsp3) is 0.368. The number of ether oxygens (including phenoxy) is 1. The third kappa shape index (κ3) is 4.04. The van der Waals surface area contributed by atoms with Crippen LogP contribution in [0.25, 0.3) is 17.0 Å². The highest BCUT2D eigenvalue weighted by atomic mass is 16.5. The standard InChI is InChI=1S/C19H23N7O2/c1-14(27)20-8-9-21-17-6-7-18-22-23-19(26(18)24-17)15-2-4-16(5-3-15)25-10-12-28-13-11-25/h2-7H,8-13H2,1H3,(H,20,27)(H,21,24). The van der Waals surface area contributed by atoms with E-state index in [2.05, 4.69) is 43.0 Å². The van der Waals surface area contributed by atoms with Gasteiger partial charge in [0.2, 0.25) is 5.91 Å². The van der Waals surface area contributed by atoms with Crippen molar-refractivity contribution in [3.63, 3.8) is 0 Å². The minimum Gasteiger partial charge on any atom is -0.378 e. The summed E-state index contributed by atoms with van der Waals surface area (Å²) in [5, 5.41) is 19.0. The number of carbonyl (C=O) groups is 1. The maximum absolute atomic E-state index is 10.9. The zero-order valence-corrected chi connectivity index (χ0v) is 15.8. The van der Waals surface area contributed by atoms with E-state index in [4.69, 9.17) is 4.74 Å². The number of amides is 1. The summed E-state index contributed by atoms with van der Waals surface area (Å²) in [6.45, 7) is 5.95. The number of rotatable bonds is 6. The van der Waals surface area contributed by atoms with Crippen molar-refractivity contribution in [1.29, 1.82) is 0 Å². The van der Waals surface area contributed by atoms with Gasteiger partial charge in [-0.25, -0.2) is 0 Å². The Morgan fingerprint density at radius 3 is 2.61 bits per heavy atom.